The second-order valence-electron chi connectivity index (χ2n) is 3.25. The number of hydrogen-bond donors (Lipinski definition) is 4. The normalized spacial score (nSPS) is 14.1. The predicted molar refractivity (Wildman–Crippen MR) is 56.6 cm³/mol. The first-order valence-corrected chi connectivity index (χ1v) is 4.83. The van der Waals surface area contributed by atoms with E-state index in [1.54, 1.807) is 0 Å². The van der Waals surface area contributed by atoms with Gasteiger partial charge >= 0.3 is 11.9 Å². The van der Waals surface area contributed by atoms with E-state index in [0.717, 1.165) is 12.1 Å². The number of aliphatic hydroxyl groups excluding tert-OH is 2. The summed E-state index contributed by atoms with van der Waals surface area (Å²) >= 11 is 5.62. The number of aliphatic carboxylic acids is 2. The molecule has 0 saturated heterocycles. The maximum Gasteiger partial charge on any atom is 0.337 e. The molecule has 7 heteroatoms. The Morgan fingerprint density at radius 1 is 1.00 bits per heavy atom. The summed E-state index contributed by atoms with van der Waals surface area (Å²) in [6.45, 7) is 0. The molecule has 0 bridgehead atoms. The maximum absolute atomic E-state index is 10.6. The van der Waals surface area contributed by atoms with E-state index >= 15 is 0 Å². The van der Waals surface area contributed by atoms with Gasteiger partial charge in [-0.15, -0.1) is 0 Å². The molecule has 0 heterocycles. The third-order valence-electron chi connectivity index (χ3n) is 2.11. The molecule has 0 aromatic heterocycles. The molecule has 1 aromatic carbocycles. The summed E-state index contributed by atoms with van der Waals surface area (Å²) in [7, 11) is 0. The van der Waals surface area contributed by atoms with Crippen molar-refractivity contribution in [3.05, 3.63) is 34.3 Å². The van der Waals surface area contributed by atoms with Crippen LogP contribution in [-0.2, 0) is 9.59 Å². The molecule has 2 atom stereocenters. The molecule has 0 radical (unpaired) electrons. The van der Waals surface area contributed by atoms with Crippen LogP contribution in [0.25, 0.3) is 0 Å². The third-order valence-corrected chi connectivity index (χ3v) is 2.34. The lowest BCUT2D eigenvalue weighted by molar-refractivity contribution is -0.149. The van der Waals surface area contributed by atoms with Crippen molar-refractivity contribution in [2.24, 2.45) is 0 Å². The molecule has 17 heavy (non-hydrogen) atoms. The molecule has 0 spiro atoms. The van der Waals surface area contributed by atoms with Crippen LogP contribution in [0.3, 0.4) is 0 Å². The highest BCUT2D eigenvalue weighted by Gasteiger charge is 2.26. The van der Waals surface area contributed by atoms with Crippen LogP contribution in [-0.4, -0.2) is 32.4 Å². The number of carboxylic acids is 2. The largest absolute Gasteiger partial charge is 0.479 e. The summed E-state index contributed by atoms with van der Waals surface area (Å²) < 4.78 is 0. The Kier molecular flexibility index (Phi) is 4.06. The predicted octanol–water partition coefficient (Wildman–Crippen LogP) is 0.576. The van der Waals surface area contributed by atoms with Gasteiger partial charge in [0.05, 0.1) is 0 Å². The van der Waals surface area contributed by atoms with Crippen molar-refractivity contribution in [3.8, 4) is 0 Å². The van der Waals surface area contributed by atoms with Gasteiger partial charge in [0.2, 0.25) is 0 Å². The summed E-state index contributed by atoms with van der Waals surface area (Å²) in [6.07, 6.45) is -3.87. The first-order chi connectivity index (χ1) is 7.84. The lowest BCUT2D eigenvalue weighted by Crippen LogP contribution is -2.18. The Morgan fingerprint density at radius 3 is 1.94 bits per heavy atom. The van der Waals surface area contributed by atoms with E-state index < -0.39 is 24.1 Å². The monoisotopic (exact) mass is 260 g/mol. The van der Waals surface area contributed by atoms with Gasteiger partial charge in [0.1, 0.15) is 0 Å². The standard InChI is InChI=1S/C10H9ClO6/c11-4-1-2-5(7(12)9(14)15)6(3-4)8(13)10(16)17/h1-3,7-8,12-13H,(H,14,15)(H,16,17). The zero-order chi connectivity index (χ0) is 13.2. The summed E-state index contributed by atoms with van der Waals surface area (Å²) in [5.74, 6) is -3.11. The number of rotatable bonds is 4. The summed E-state index contributed by atoms with van der Waals surface area (Å²) in [5.41, 5.74) is -0.461. The van der Waals surface area contributed by atoms with E-state index in [9.17, 15) is 19.8 Å². The minimum Gasteiger partial charge on any atom is -0.479 e. The molecule has 0 amide bonds. The molecule has 0 aliphatic heterocycles. The van der Waals surface area contributed by atoms with Crippen molar-refractivity contribution >= 4 is 23.5 Å². The molecule has 2 unspecified atom stereocenters. The quantitative estimate of drug-likeness (QED) is 0.629. The van der Waals surface area contributed by atoms with Gasteiger partial charge in [-0.1, -0.05) is 17.7 Å². The van der Waals surface area contributed by atoms with Crippen LogP contribution in [0, 0.1) is 0 Å². The highest BCUT2D eigenvalue weighted by Crippen LogP contribution is 2.27. The van der Waals surface area contributed by atoms with Crippen molar-refractivity contribution in [2.45, 2.75) is 12.2 Å². The zero-order valence-corrected chi connectivity index (χ0v) is 9.13. The Labute approximate surface area is 101 Å². The van der Waals surface area contributed by atoms with Gasteiger partial charge in [-0.05, 0) is 23.3 Å². The molecular formula is C10H9ClO6. The van der Waals surface area contributed by atoms with Gasteiger partial charge < -0.3 is 20.4 Å². The number of carbonyl (C=O) groups is 2. The molecule has 1 rings (SSSR count). The number of aliphatic hydroxyl groups is 2. The van der Waals surface area contributed by atoms with Crippen LogP contribution in [0.1, 0.15) is 23.3 Å². The van der Waals surface area contributed by atoms with E-state index in [1.165, 1.54) is 6.07 Å². The van der Waals surface area contributed by atoms with Crippen molar-refractivity contribution in [3.63, 3.8) is 0 Å². The number of carboxylic acid groups (broad SMARTS) is 2. The fourth-order valence-electron chi connectivity index (χ4n) is 1.30. The Bertz CT molecular complexity index is 458. The van der Waals surface area contributed by atoms with Gasteiger partial charge in [0, 0.05) is 5.02 Å². The fraction of sp³-hybridized carbons (Fsp3) is 0.200. The van der Waals surface area contributed by atoms with E-state index in [0.29, 0.717) is 0 Å². The van der Waals surface area contributed by atoms with Crippen LogP contribution in [0.4, 0.5) is 0 Å². The second-order valence-corrected chi connectivity index (χ2v) is 3.69. The highest BCUT2D eigenvalue weighted by molar-refractivity contribution is 6.30. The minimum atomic E-state index is -1.95. The van der Waals surface area contributed by atoms with Crippen LogP contribution in [0.5, 0.6) is 0 Å². The first kappa shape index (κ1) is 13.4. The lowest BCUT2D eigenvalue weighted by Gasteiger charge is -2.14. The average molecular weight is 261 g/mol. The summed E-state index contributed by atoms with van der Waals surface area (Å²) in [4.78, 5) is 21.3. The third kappa shape index (κ3) is 2.94. The molecule has 4 N–H and O–H groups in total. The summed E-state index contributed by atoms with van der Waals surface area (Å²) in [5, 5.41) is 36.1. The number of halogens is 1. The van der Waals surface area contributed by atoms with Crippen molar-refractivity contribution in [1.29, 1.82) is 0 Å². The van der Waals surface area contributed by atoms with E-state index in [2.05, 4.69) is 0 Å². The van der Waals surface area contributed by atoms with Crippen molar-refractivity contribution in [2.75, 3.05) is 0 Å². The van der Waals surface area contributed by atoms with Crippen LogP contribution in [0.15, 0.2) is 18.2 Å². The molecule has 0 saturated carbocycles. The fourth-order valence-corrected chi connectivity index (χ4v) is 1.48. The zero-order valence-electron chi connectivity index (χ0n) is 8.37. The van der Waals surface area contributed by atoms with Gasteiger partial charge in [-0.2, -0.15) is 0 Å². The van der Waals surface area contributed by atoms with Crippen LogP contribution < -0.4 is 0 Å². The van der Waals surface area contributed by atoms with Gasteiger partial charge in [-0.3, -0.25) is 0 Å². The smallest absolute Gasteiger partial charge is 0.337 e. The Morgan fingerprint density at radius 2 is 1.47 bits per heavy atom. The van der Waals surface area contributed by atoms with Crippen LogP contribution in [0.2, 0.25) is 5.02 Å². The minimum absolute atomic E-state index is 0.127. The summed E-state index contributed by atoms with van der Waals surface area (Å²) in [6, 6.07) is 3.55. The SMILES string of the molecule is O=C(O)C(O)c1ccc(Cl)cc1C(O)C(=O)O. The maximum atomic E-state index is 10.6. The Hall–Kier alpha value is -1.63. The number of hydrogen-bond acceptors (Lipinski definition) is 4. The Balaban J connectivity index is 3.30. The molecule has 0 aliphatic carbocycles. The number of benzene rings is 1. The van der Waals surface area contributed by atoms with Crippen LogP contribution >= 0.6 is 11.6 Å². The average Bonchev–Trinajstić information content (AvgIpc) is 2.26. The van der Waals surface area contributed by atoms with Gasteiger partial charge in [0.15, 0.2) is 12.2 Å². The van der Waals surface area contributed by atoms with Crippen molar-refractivity contribution < 1.29 is 30.0 Å². The topological polar surface area (TPSA) is 115 Å². The molecule has 92 valence electrons. The second kappa shape index (κ2) is 5.13. The molecular weight excluding hydrogens is 252 g/mol. The highest BCUT2D eigenvalue weighted by atomic mass is 35.5. The van der Waals surface area contributed by atoms with Crippen molar-refractivity contribution in [1.82, 2.24) is 0 Å². The molecule has 1 aromatic rings. The molecule has 0 aliphatic rings. The van der Waals surface area contributed by atoms with Gasteiger partial charge in [-0.25, -0.2) is 9.59 Å². The van der Waals surface area contributed by atoms with E-state index in [-0.39, 0.29) is 16.1 Å². The molecule has 6 nitrogen and oxygen atoms in total. The van der Waals surface area contributed by atoms with Gasteiger partial charge in [0.25, 0.3) is 0 Å². The van der Waals surface area contributed by atoms with E-state index in [1.807, 2.05) is 0 Å². The first-order valence-electron chi connectivity index (χ1n) is 4.45. The van der Waals surface area contributed by atoms with E-state index in [4.69, 9.17) is 21.8 Å². The lowest BCUT2D eigenvalue weighted by atomic mass is 9.98. The molecule has 0 fully saturated rings.